The van der Waals surface area contributed by atoms with Crippen LogP contribution >= 0.6 is 0 Å². The lowest BCUT2D eigenvalue weighted by Gasteiger charge is -2.27. The SMILES string of the molecule is Cn1ncc(Nc2nccc(-c3cc(C#N)c4c(c3)[C@@](C)(CO[S+](C)C)CN4C(=O)OC(C)(C)C)n2)c1OC1CC1. The Balaban J connectivity index is 1.52. The average Bonchev–Trinajstić information content (AvgIpc) is 3.61. The largest absolute Gasteiger partial charge is 0.473 e. The highest BCUT2D eigenvalue weighted by molar-refractivity contribution is 7.90. The summed E-state index contributed by atoms with van der Waals surface area (Å²) in [5.41, 5.74) is 2.53. The number of aryl methyl sites for hydroxylation is 1. The van der Waals surface area contributed by atoms with Crippen LogP contribution in [0.2, 0.25) is 0 Å². The molecule has 1 aliphatic carbocycles. The van der Waals surface area contributed by atoms with Crippen LogP contribution in [0.5, 0.6) is 5.88 Å². The molecule has 2 aliphatic rings. The molecular formula is C29H36N7O4S+. The van der Waals surface area contributed by atoms with Crippen LogP contribution in [0, 0.1) is 11.3 Å². The summed E-state index contributed by atoms with van der Waals surface area (Å²) in [4.78, 5) is 24.0. The smallest absolute Gasteiger partial charge is 0.414 e. The van der Waals surface area contributed by atoms with Gasteiger partial charge < -0.3 is 14.8 Å². The fourth-order valence-electron chi connectivity index (χ4n) is 4.67. The number of amides is 1. The number of nitriles is 1. The van der Waals surface area contributed by atoms with E-state index in [1.54, 1.807) is 34.1 Å². The van der Waals surface area contributed by atoms with Crippen molar-refractivity contribution in [3.8, 4) is 23.2 Å². The molecule has 2 aromatic heterocycles. The minimum absolute atomic E-state index is 0.212. The van der Waals surface area contributed by atoms with Crippen molar-refractivity contribution in [3.63, 3.8) is 0 Å². The Kier molecular flexibility index (Phi) is 7.61. The lowest BCUT2D eigenvalue weighted by Crippen LogP contribution is -2.41. The Labute approximate surface area is 243 Å². The lowest BCUT2D eigenvalue weighted by molar-refractivity contribution is 0.0576. The summed E-state index contributed by atoms with van der Waals surface area (Å²) < 4.78 is 19.5. The van der Waals surface area contributed by atoms with Gasteiger partial charge in [0.25, 0.3) is 0 Å². The first-order valence-electron chi connectivity index (χ1n) is 13.5. The average molecular weight is 579 g/mol. The molecule has 11 nitrogen and oxygen atoms in total. The van der Waals surface area contributed by atoms with Crippen molar-refractivity contribution < 1.29 is 18.5 Å². The molecule has 1 atom stereocenters. The number of carbonyl (C=O) groups excluding carboxylic acids is 1. The number of aromatic nitrogens is 4. The lowest BCUT2D eigenvalue weighted by atomic mass is 9.83. The van der Waals surface area contributed by atoms with Gasteiger partial charge >= 0.3 is 6.09 Å². The van der Waals surface area contributed by atoms with E-state index in [9.17, 15) is 10.1 Å². The van der Waals surface area contributed by atoms with Gasteiger partial charge in [-0.3, -0.25) is 4.90 Å². The Hall–Kier alpha value is -3.82. The van der Waals surface area contributed by atoms with Gasteiger partial charge in [-0.1, -0.05) is 6.92 Å². The Bertz CT molecular complexity index is 1510. The third kappa shape index (κ3) is 6.26. The molecule has 41 heavy (non-hydrogen) atoms. The molecule has 3 heterocycles. The standard InChI is InChI=1S/C29H36N7O4S/c1-28(2,3)40-27(37)36-16-29(4,17-38-41(6)7)21-13-18(12-19(14-30)24(21)36)22-10-11-31-26(33-22)34-23-15-32-35(5)25(23)39-20-8-9-20/h10-13,15,20H,8-9,16-17H2,1-7H3,(H,31,33,34)/q+1/t29-/m1/s1. The van der Waals surface area contributed by atoms with E-state index >= 15 is 0 Å². The van der Waals surface area contributed by atoms with Crippen molar-refractivity contribution in [3.05, 3.63) is 41.7 Å². The number of nitrogens with zero attached hydrogens (tertiary/aromatic N) is 6. The van der Waals surface area contributed by atoms with Gasteiger partial charge in [0.05, 0.1) is 23.1 Å². The molecule has 12 heteroatoms. The second kappa shape index (κ2) is 10.9. The Morgan fingerprint density at radius 3 is 2.71 bits per heavy atom. The van der Waals surface area contributed by atoms with E-state index in [4.69, 9.17) is 18.6 Å². The van der Waals surface area contributed by atoms with Crippen molar-refractivity contribution in [1.82, 2.24) is 19.7 Å². The fraction of sp³-hybridized carbons (Fsp3) is 0.483. The van der Waals surface area contributed by atoms with Crippen molar-refractivity contribution in [2.75, 3.05) is 35.9 Å². The molecule has 1 aliphatic heterocycles. The molecule has 0 unspecified atom stereocenters. The molecule has 1 fully saturated rings. The summed E-state index contributed by atoms with van der Waals surface area (Å²) in [6.07, 6.45) is 9.13. The third-order valence-corrected chi connectivity index (χ3v) is 7.36. The van der Waals surface area contributed by atoms with Gasteiger partial charge in [-0.15, -0.1) is 0 Å². The van der Waals surface area contributed by atoms with Crippen LogP contribution in [0.15, 0.2) is 30.6 Å². The van der Waals surface area contributed by atoms with Crippen LogP contribution in [0.25, 0.3) is 11.3 Å². The maximum atomic E-state index is 13.3. The van der Waals surface area contributed by atoms with E-state index in [-0.39, 0.29) is 17.3 Å². The van der Waals surface area contributed by atoms with E-state index in [2.05, 4.69) is 21.5 Å². The normalized spacial score (nSPS) is 18.3. The van der Waals surface area contributed by atoms with Crippen LogP contribution in [0.3, 0.4) is 0 Å². The molecule has 5 rings (SSSR count). The number of anilines is 3. The van der Waals surface area contributed by atoms with E-state index in [1.165, 1.54) is 0 Å². The maximum absolute atomic E-state index is 13.3. The van der Waals surface area contributed by atoms with Crippen LogP contribution in [0.4, 0.5) is 22.1 Å². The molecule has 1 saturated carbocycles. The van der Waals surface area contributed by atoms with Gasteiger partial charge in [0.1, 0.15) is 53.8 Å². The number of benzene rings is 1. The van der Waals surface area contributed by atoms with Crippen molar-refractivity contribution >= 4 is 34.6 Å². The summed E-state index contributed by atoms with van der Waals surface area (Å²) in [6.45, 7) is 8.23. The summed E-state index contributed by atoms with van der Waals surface area (Å²) >= 11 is -0.269. The molecule has 0 bridgehead atoms. The second-order valence-corrected chi connectivity index (χ2v) is 13.6. The zero-order chi connectivity index (χ0) is 29.5. The molecular weight excluding hydrogens is 542 g/mol. The number of hydrogen-bond donors (Lipinski definition) is 1. The van der Waals surface area contributed by atoms with Crippen molar-refractivity contribution in [2.24, 2.45) is 7.05 Å². The van der Waals surface area contributed by atoms with Gasteiger partial charge in [-0.2, -0.15) is 14.5 Å². The molecule has 1 N–H and O–H groups in total. The quantitative estimate of drug-likeness (QED) is 0.373. The number of carbonyl (C=O) groups is 1. The number of nitrogens with one attached hydrogen (secondary N) is 1. The highest BCUT2D eigenvalue weighted by atomic mass is 32.2. The first-order chi connectivity index (χ1) is 19.4. The number of rotatable bonds is 8. The van der Waals surface area contributed by atoms with Crippen LogP contribution in [0.1, 0.15) is 51.7 Å². The first-order valence-corrected chi connectivity index (χ1v) is 15.4. The molecule has 1 aromatic carbocycles. The monoisotopic (exact) mass is 578 g/mol. The van der Waals surface area contributed by atoms with Crippen LogP contribution in [-0.2, 0) is 32.6 Å². The van der Waals surface area contributed by atoms with Crippen LogP contribution < -0.4 is 15.0 Å². The zero-order valence-electron chi connectivity index (χ0n) is 24.5. The van der Waals surface area contributed by atoms with Gasteiger partial charge in [-0.25, -0.2) is 19.4 Å². The molecule has 1 amide bonds. The Morgan fingerprint density at radius 1 is 1.29 bits per heavy atom. The third-order valence-electron chi connectivity index (χ3n) is 6.77. The summed E-state index contributed by atoms with van der Waals surface area (Å²) in [5.74, 6) is 1.01. The maximum Gasteiger partial charge on any atom is 0.414 e. The van der Waals surface area contributed by atoms with Gasteiger partial charge in [0.2, 0.25) is 11.8 Å². The molecule has 216 valence electrons. The predicted molar refractivity (Wildman–Crippen MR) is 158 cm³/mol. The number of fused-ring (bicyclic) bond motifs is 1. The van der Waals surface area contributed by atoms with E-state index in [0.717, 1.165) is 24.0 Å². The topological polar surface area (TPSA) is 127 Å². The predicted octanol–water partition coefficient (Wildman–Crippen LogP) is 4.86. The fourth-order valence-corrected chi connectivity index (χ4v) is 5.17. The van der Waals surface area contributed by atoms with Crippen molar-refractivity contribution in [2.45, 2.75) is 57.7 Å². The number of ether oxygens (including phenoxy) is 2. The second-order valence-electron chi connectivity index (χ2n) is 11.9. The molecule has 3 aromatic rings. The van der Waals surface area contributed by atoms with E-state index in [0.29, 0.717) is 47.6 Å². The highest BCUT2D eigenvalue weighted by Gasteiger charge is 2.46. The molecule has 0 radical (unpaired) electrons. The first kappa shape index (κ1) is 28.7. The van der Waals surface area contributed by atoms with E-state index in [1.807, 2.05) is 53.3 Å². The van der Waals surface area contributed by atoms with Gasteiger partial charge in [0.15, 0.2) is 0 Å². The van der Waals surface area contributed by atoms with Crippen molar-refractivity contribution in [1.29, 1.82) is 5.26 Å². The Morgan fingerprint density at radius 2 is 2.05 bits per heavy atom. The summed E-state index contributed by atoms with van der Waals surface area (Å²) in [6, 6.07) is 7.84. The molecule has 0 spiro atoms. The minimum Gasteiger partial charge on any atom is -0.473 e. The summed E-state index contributed by atoms with van der Waals surface area (Å²) in [7, 11) is 1.83. The van der Waals surface area contributed by atoms with E-state index < -0.39 is 17.1 Å². The van der Waals surface area contributed by atoms with Gasteiger partial charge in [0, 0.05) is 30.8 Å². The van der Waals surface area contributed by atoms with Crippen LogP contribution in [-0.4, -0.2) is 63.2 Å². The highest BCUT2D eigenvalue weighted by Crippen LogP contribution is 2.46. The minimum atomic E-state index is -0.680. The summed E-state index contributed by atoms with van der Waals surface area (Å²) in [5, 5.41) is 17.8. The van der Waals surface area contributed by atoms with Gasteiger partial charge in [-0.05, 0) is 57.4 Å². The molecule has 0 saturated heterocycles. The zero-order valence-corrected chi connectivity index (χ0v) is 25.3. The number of hydrogen-bond acceptors (Lipinski definition) is 9.